The Morgan fingerprint density at radius 1 is 0.781 bits per heavy atom. The van der Waals surface area contributed by atoms with Gasteiger partial charge < -0.3 is 15.4 Å². The number of halogens is 1. The predicted octanol–water partition coefficient (Wildman–Crippen LogP) is 5.58. The largest absolute Gasteiger partial charge is 0.496 e. The summed E-state index contributed by atoms with van der Waals surface area (Å²) in [5.41, 5.74) is 5.48. The van der Waals surface area contributed by atoms with Crippen LogP contribution in [0.25, 0.3) is 0 Å². The maximum absolute atomic E-state index is 5.25. The number of nitrogens with one attached hydrogen (secondary N) is 3. The molecule has 9 heteroatoms. The lowest BCUT2D eigenvalue weighted by molar-refractivity contribution is 0.412. The second kappa shape index (κ2) is 10.4. The molecule has 1 heterocycles. The zero-order valence-corrected chi connectivity index (χ0v) is 18.7. The third-order valence-electron chi connectivity index (χ3n) is 4.25. The summed E-state index contributed by atoms with van der Waals surface area (Å²) < 4.78 is 6.09. The van der Waals surface area contributed by atoms with Crippen molar-refractivity contribution in [1.82, 2.24) is 15.0 Å². The van der Waals surface area contributed by atoms with E-state index in [0.29, 0.717) is 17.8 Å². The van der Waals surface area contributed by atoms with E-state index in [0.717, 1.165) is 27.2 Å². The van der Waals surface area contributed by atoms with Gasteiger partial charge in [0.25, 0.3) is 0 Å². The van der Waals surface area contributed by atoms with Crippen LogP contribution in [0.15, 0.2) is 88.4 Å². The Bertz CT molecular complexity index is 1140. The maximum Gasteiger partial charge on any atom is 0.250 e. The number of rotatable bonds is 8. The van der Waals surface area contributed by atoms with Gasteiger partial charge in [-0.3, -0.25) is 0 Å². The second-order valence-corrected chi connectivity index (χ2v) is 7.41. The topological polar surface area (TPSA) is 96.4 Å². The van der Waals surface area contributed by atoms with Gasteiger partial charge in [-0.25, -0.2) is 5.43 Å². The Hall–Kier alpha value is -3.98. The Morgan fingerprint density at radius 3 is 1.88 bits per heavy atom. The molecule has 32 heavy (non-hydrogen) atoms. The Kier molecular flexibility index (Phi) is 6.88. The summed E-state index contributed by atoms with van der Waals surface area (Å²) in [6, 6.07) is 25.0. The first-order valence-electron chi connectivity index (χ1n) is 9.72. The Labute approximate surface area is 193 Å². The zero-order chi connectivity index (χ0) is 22.2. The van der Waals surface area contributed by atoms with Crippen molar-refractivity contribution in [3.63, 3.8) is 0 Å². The molecule has 4 aromatic rings. The fourth-order valence-corrected chi connectivity index (χ4v) is 3.32. The molecule has 3 aromatic carbocycles. The summed E-state index contributed by atoms with van der Waals surface area (Å²) in [5, 5.41) is 10.6. The summed E-state index contributed by atoms with van der Waals surface area (Å²) in [5.74, 6) is 1.81. The van der Waals surface area contributed by atoms with Gasteiger partial charge >= 0.3 is 0 Å². The van der Waals surface area contributed by atoms with E-state index >= 15 is 0 Å². The predicted molar refractivity (Wildman–Crippen MR) is 131 cm³/mol. The molecular formula is C23H20BrN7O. The molecule has 8 nitrogen and oxygen atoms in total. The lowest BCUT2D eigenvalue weighted by Crippen LogP contribution is -2.07. The number of para-hydroxylation sites is 2. The molecule has 160 valence electrons. The first-order valence-corrected chi connectivity index (χ1v) is 10.5. The molecular weight excluding hydrogens is 470 g/mol. The molecule has 0 aliphatic carbocycles. The van der Waals surface area contributed by atoms with E-state index in [-0.39, 0.29) is 0 Å². The SMILES string of the molecule is COc1ccc(C=NNc2nc(Nc3ccccc3)nc(Nc3ccccc3)n2)cc1Br. The van der Waals surface area contributed by atoms with Crippen molar-refractivity contribution in [2.45, 2.75) is 0 Å². The van der Waals surface area contributed by atoms with E-state index in [1.54, 1.807) is 13.3 Å². The van der Waals surface area contributed by atoms with Gasteiger partial charge in [-0.05, 0) is 64.0 Å². The van der Waals surface area contributed by atoms with Crippen LogP contribution in [0, 0.1) is 0 Å². The Morgan fingerprint density at radius 2 is 1.34 bits per heavy atom. The van der Waals surface area contributed by atoms with Gasteiger partial charge in [0, 0.05) is 11.4 Å². The summed E-state index contributed by atoms with van der Waals surface area (Å²) in [7, 11) is 1.62. The molecule has 0 aliphatic rings. The van der Waals surface area contributed by atoms with Crippen LogP contribution in [0.5, 0.6) is 5.75 Å². The summed E-state index contributed by atoms with van der Waals surface area (Å²) in [6.45, 7) is 0. The van der Waals surface area contributed by atoms with Crippen LogP contribution in [-0.4, -0.2) is 28.3 Å². The molecule has 4 rings (SSSR count). The number of ether oxygens (including phenoxy) is 1. The molecule has 0 fully saturated rings. The van der Waals surface area contributed by atoms with Gasteiger partial charge in [0.2, 0.25) is 17.8 Å². The van der Waals surface area contributed by atoms with Crippen LogP contribution >= 0.6 is 15.9 Å². The summed E-state index contributed by atoms with van der Waals surface area (Å²) in [6.07, 6.45) is 1.67. The van der Waals surface area contributed by atoms with Crippen LogP contribution in [0.1, 0.15) is 5.56 Å². The number of anilines is 5. The summed E-state index contributed by atoms with van der Waals surface area (Å²) >= 11 is 3.47. The molecule has 0 atom stereocenters. The molecule has 0 unspecified atom stereocenters. The minimum Gasteiger partial charge on any atom is -0.496 e. The van der Waals surface area contributed by atoms with Crippen molar-refractivity contribution in [2.24, 2.45) is 5.10 Å². The minimum atomic E-state index is 0.292. The molecule has 0 saturated heterocycles. The molecule has 3 N–H and O–H groups in total. The first kappa shape index (κ1) is 21.3. The molecule has 0 aliphatic heterocycles. The van der Waals surface area contributed by atoms with Crippen LogP contribution in [0.2, 0.25) is 0 Å². The second-order valence-electron chi connectivity index (χ2n) is 6.55. The normalized spacial score (nSPS) is 10.7. The van der Waals surface area contributed by atoms with E-state index < -0.39 is 0 Å². The lowest BCUT2D eigenvalue weighted by atomic mass is 10.2. The number of hydrogen-bond donors (Lipinski definition) is 3. The van der Waals surface area contributed by atoms with Gasteiger partial charge in [-0.1, -0.05) is 36.4 Å². The van der Waals surface area contributed by atoms with Crippen LogP contribution in [-0.2, 0) is 0 Å². The number of nitrogens with zero attached hydrogens (tertiary/aromatic N) is 4. The average molecular weight is 490 g/mol. The van der Waals surface area contributed by atoms with Crippen LogP contribution in [0.3, 0.4) is 0 Å². The zero-order valence-electron chi connectivity index (χ0n) is 17.2. The van der Waals surface area contributed by atoms with Gasteiger partial charge in [0.15, 0.2) is 0 Å². The molecule has 0 bridgehead atoms. The highest BCUT2D eigenvalue weighted by Crippen LogP contribution is 2.25. The van der Waals surface area contributed by atoms with Gasteiger partial charge in [-0.15, -0.1) is 0 Å². The number of methoxy groups -OCH3 is 1. The molecule has 0 saturated carbocycles. The lowest BCUT2D eigenvalue weighted by Gasteiger charge is -2.10. The standard InChI is InChI=1S/C23H20BrN7O/c1-32-20-13-12-16(14-19(20)24)15-25-31-23-29-21(26-17-8-4-2-5-9-17)28-22(30-23)27-18-10-6-3-7-11-18/h2-15H,1H3,(H3,26,27,28,29,30,31). The fourth-order valence-electron chi connectivity index (χ4n) is 2.77. The van der Waals surface area contributed by atoms with Gasteiger partial charge in [-0.2, -0.15) is 20.1 Å². The molecule has 0 spiro atoms. The average Bonchev–Trinajstić information content (AvgIpc) is 2.80. The number of hydrogen-bond acceptors (Lipinski definition) is 8. The highest BCUT2D eigenvalue weighted by Gasteiger charge is 2.07. The van der Waals surface area contributed by atoms with Crippen LogP contribution in [0.4, 0.5) is 29.2 Å². The number of aromatic nitrogens is 3. The Balaban J connectivity index is 1.56. The number of hydrazone groups is 1. The van der Waals surface area contributed by atoms with Crippen molar-refractivity contribution in [2.75, 3.05) is 23.2 Å². The fraction of sp³-hybridized carbons (Fsp3) is 0.0435. The van der Waals surface area contributed by atoms with Crippen molar-refractivity contribution in [3.05, 3.63) is 88.9 Å². The highest BCUT2D eigenvalue weighted by atomic mass is 79.9. The monoisotopic (exact) mass is 489 g/mol. The van der Waals surface area contributed by atoms with E-state index in [9.17, 15) is 0 Å². The smallest absolute Gasteiger partial charge is 0.250 e. The van der Waals surface area contributed by atoms with Crippen LogP contribution < -0.4 is 20.8 Å². The third kappa shape index (κ3) is 5.79. The third-order valence-corrected chi connectivity index (χ3v) is 4.87. The van der Waals surface area contributed by atoms with Crippen molar-refractivity contribution in [3.8, 4) is 5.75 Å². The highest BCUT2D eigenvalue weighted by molar-refractivity contribution is 9.10. The van der Waals surface area contributed by atoms with E-state index in [1.807, 2.05) is 78.9 Å². The van der Waals surface area contributed by atoms with E-state index in [1.165, 1.54) is 0 Å². The molecule has 0 radical (unpaired) electrons. The van der Waals surface area contributed by atoms with Crippen molar-refractivity contribution >= 4 is 51.4 Å². The minimum absolute atomic E-state index is 0.292. The van der Waals surface area contributed by atoms with Gasteiger partial charge in [0.1, 0.15) is 5.75 Å². The number of benzene rings is 3. The maximum atomic E-state index is 5.25. The molecule has 1 aromatic heterocycles. The first-order chi connectivity index (χ1) is 15.7. The van der Waals surface area contributed by atoms with Crippen molar-refractivity contribution in [1.29, 1.82) is 0 Å². The van der Waals surface area contributed by atoms with Crippen molar-refractivity contribution < 1.29 is 4.74 Å². The van der Waals surface area contributed by atoms with E-state index in [2.05, 4.69) is 52.0 Å². The molecule has 0 amide bonds. The summed E-state index contributed by atoms with van der Waals surface area (Å²) in [4.78, 5) is 13.3. The van der Waals surface area contributed by atoms with E-state index in [4.69, 9.17) is 4.74 Å². The quantitative estimate of drug-likeness (QED) is 0.219. The van der Waals surface area contributed by atoms with Gasteiger partial charge in [0.05, 0.1) is 17.8 Å².